The Morgan fingerprint density at radius 2 is 2.50 bits per heavy atom. The molecule has 1 atom stereocenters. The molecule has 0 radical (unpaired) electrons. The second-order valence-corrected chi connectivity index (χ2v) is 3.69. The van der Waals surface area contributed by atoms with E-state index in [0.717, 1.165) is 0 Å². The SMILES string of the molecule is CNCC(O)c1ccsc1C(=O)OC. The Morgan fingerprint density at radius 3 is 3.07 bits per heavy atom. The van der Waals surface area contributed by atoms with Gasteiger partial charge in [-0.1, -0.05) is 0 Å². The van der Waals surface area contributed by atoms with Crippen molar-refractivity contribution in [3.8, 4) is 0 Å². The van der Waals surface area contributed by atoms with Gasteiger partial charge in [-0.25, -0.2) is 4.79 Å². The molecule has 4 nitrogen and oxygen atoms in total. The number of esters is 1. The van der Waals surface area contributed by atoms with Gasteiger partial charge >= 0.3 is 5.97 Å². The van der Waals surface area contributed by atoms with Crippen LogP contribution in [0.3, 0.4) is 0 Å². The molecule has 14 heavy (non-hydrogen) atoms. The number of methoxy groups -OCH3 is 1. The average molecular weight is 215 g/mol. The van der Waals surface area contributed by atoms with Crippen molar-refractivity contribution < 1.29 is 14.6 Å². The van der Waals surface area contributed by atoms with Crippen LogP contribution in [-0.4, -0.2) is 31.8 Å². The van der Waals surface area contributed by atoms with E-state index < -0.39 is 12.1 Å². The number of aliphatic hydroxyl groups excluding tert-OH is 1. The lowest BCUT2D eigenvalue weighted by atomic mass is 10.1. The molecule has 0 amide bonds. The molecule has 0 aliphatic carbocycles. The molecule has 0 fully saturated rings. The van der Waals surface area contributed by atoms with Crippen molar-refractivity contribution in [2.75, 3.05) is 20.7 Å². The molecule has 5 heteroatoms. The van der Waals surface area contributed by atoms with Crippen LogP contribution in [0.1, 0.15) is 21.3 Å². The lowest BCUT2D eigenvalue weighted by Gasteiger charge is -2.09. The van der Waals surface area contributed by atoms with Crippen molar-refractivity contribution in [1.82, 2.24) is 5.32 Å². The highest BCUT2D eigenvalue weighted by Gasteiger charge is 2.18. The first-order valence-electron chi connectivity index (χ1n) is 4.19. The number of aliphatic hydroxyl groups is 1. The first-order valence-corrected chi connectivity index (χ1v) is 5.07. The summed E-state index contributed by atoms with van der Waals surface area (Å²) in [6.45, 7) is 0.417. The highest BCUT2D eigenvalue weighted by Crippen LogP contribution is 2.23. The Bertz CT molecular complexity index is 311. The van der Waals surface area contributed by atoms with Crippen molar-refractivity contribution in [1.29, 1.82) is 0 Å². The first kappa shape index (κ1) is 11.2. The molecule has 1 unspecified atom stereocenters. The van der Waals surface area contributed by atoms with Crippen LogP contribution in [-0.2, 0) is 4.74 Å². The van der Waals surface area contributed by atoms with Gasteiger partial charge in [0.25, 0.3) is 0 Å². The number of thiophene rings is 1. The second kappa shape index (κ2) is 5.09. The predicted molar refractivity (Wildman–Crippen MR) is 54.5 cm³/mol. The van der Waals surface area contributed by atoms with Crippen LogP contribution in [0.25, 0.3) is 0 Å². The Hall–Kier alpha value is -0.910. The summed E-state index contributed by atoms with van der Waals surface area (Å²) in [5.41, 5.74) is 0.621. The van der Waals surface area contributed by atoms with E-state index in [9.17, 15) is 9.90 Å². The fourth-order valence-electron chi connectivity index (χ4n) is 1.14. The minimum absolute atomic E-state index is 0.398. The summed E-state index contributed by atoms with van der Waals surface area (Å²) in [6.07, 6.45) is -0.666. The van der Waals surface area contributed by atoms with Gasteiger partial charge in [-0.2, -0.15) is 0 Å². The van der Waals surface area contributed by atoms with E-state index in [1.807, 2.05) is 0 Å². The molecular formula is C9H13NO3S. The third kappa shape index (κ3) is 2.31. The lowest BCUT2D eigenvalue weighted by Crippen LogP contribution is -2.18. The van der Waals surface area contributed by atoms with E-state index in [1.165, 1.54) is 18.4 Å². The third-order valence-corrected chi connectivity index (χ3v) is 2.73. The fourth-order valence-corrected chi connectivity index (χ4v) is 2.01. The molecule has 0 aromatic carbocycles. The molecular weight excluding hydrogens is 202 g/mol. The zero-order chi connectivity index (χ0) is 10.6. The normalized spacial score (nSPS) is 12.5. The zero-order valence-corrected chi connectivity index (χ0v) is 8.93. The molecule has 0 saturated carbocycles. The van der Waals surface area contributed by atoms with Crippen LogP contribution in [0.2, 0.25) is 0 Å². The summed E-state index contributed by atoms with van der Waals surface area (Å²) in [6, 6.07) is 1.74. The largest absolute Gasteiger partial charge is 0.465 e. The maximum atomic E-state index is 11.3. The molecule has 1 aromatic rings. The van der Waals surface area contributed by atoms with Crippen LogP contribution in [0.4, 0.5) is 0 Å². The number of rotatable bonds is 4. The van der Waals surface area contributed by atoms with Gasteiger partial charge < -0.3 is 15.2 Å². The van der Waals surface area contributed by atoms with E-state index in [0.29, 0.717) is 17.0 Å². The van der Waals surface area contributed by atoms with Gasteiger partial charge in [-0.05, 0) is 18.5 Å². The van der Waals surface area contributed by atoms with Gasteiger partial charge in [0.2, 0.25) is 0 Å². The average Bonchev–Trinajstić information content (AvgIpc) is 2.65. The smallest absolute Gasteiger partial charge is 0.348 e. The molecule has 1 rings (SSSR count). The number of carbonyl (C=O) groups is 1. The van der Waals surface area contributed by atoms with Crippen molar-refractivity contribution in [2.45, 2.75) is 6.10 Å². The summed E-state index contributed by atoms with van der Waals surface area (Å²) in [7, 11) is 3.07. The van der Waals surface area contributed by atoms with E-state index >= 15 is 0 Å². The Balaban J connectivity index is 2.86. The Labute approximate surface area is 86.5 Å². The van der Waals surface area contributed by atoms with Crippen molar-refractivity contribution in [3.63, 3.8) is 0 Å². The van der Waals surface area contributed by atoms with Crippen molar-refractivity contribution >= 4 is 17.3 Å². The third-order valence-electron chi connectivity index (χ3n) is 1.82. The van der Waals surface area contributed by atoms with E-state index in [1.54, 1.807) is 18.5 Å². The lowest BCUT2D eigenvalue weighted by molar-refractivity contribution is 0.0599. The number of nitrogens with one attached hydrogen (secondary N) is 1. The molecule has 0 aliphatic rings. The summed E-state index contributed by atoms with van der Waals surface area (Å²) in [5, 5.41) is 14.3. The Kier molecular flexibility index (Phi) is 4.06. The van der Waals surface area contributed by atoms with Crippen LogP contribution >= 0.6 is 11.3 Å². The van der Waals surface area contributed by atoms with Gasteiger partial charge in [-0.15, -0.1) is 11.3 Å². The molecule has 0 spiro atoms. The zero-order valence-electron chi connectivity index (χ0n) is 8.11. The molecule has 1 aromatic heterocycles. The molecule has 2 N–H and O–H groups in total. The van der Waals surface area contributed by atoms with Gasteiger partial charge in [0.1, 0.15) is 4.88 Å². The van der Waals surface area contributed by atoms with E-state index in [2.05, 4.69) is 10.1 Å². The molecule has 0 saturated heterocycles. The minimum atomic E-state index is -0.666. The van der Waals surface area contributed by atoms with Crippen LogP contribution in [0.5, 0.6) is 0 Å². The van der Waals surface area contributed by atoms with E-state index in [4.69, 9.17) is 0 Å². The summed E-state index contributed by atoms with van der Waals surface area (Å²) in [5.74, 6) is -0.398. The monoisotopic (exact) mass is 215 g/mol. The molecule has 1 heterocycles. The molecule has 0 bridgehead atoms. The van der Waals surface area contributed by atoms with Crippen molar-refractivity contribution in [2.24, 2.45) is 0 Å². The second-order valence-electron chi connectivity index (χ2n) is 2.77. The number of hydrogen-bond donors (Lipinski definition) is 2. The molecule has 78 valence electrons. The van der Waals surface area contributed by atoms with Gasteiger partial charge in [0.05, 0.1) is 13.2 Å². The minimum Gasteiger partial charge on any atom is -0.465 e. The van der Waals surface area contributed by atoms with Crippen LogP contribution in [0, 0.1) is 0 Å². The van der Waals surface area contributed by atoms with Crippen LogP contribution < -0.4 is 5.32 Å². The standard InChI is InChI=1S/C9H13NO3S/c1-10-5-7(11)6-3-4-14-8(6)9(12)13-2/h3-4,7,10-11H,5H2,1-2H3. The number of carbonyl (C=O) groups excluding carboxylic acids is 1. The fraction of sp³-hybridized carbons (Fsp3) is 0.444. The summed E-state index contributed by atoms with van der Waals surface area (Å²) < 4.78 is 4.60. The maximum Gasteiger partial charge on any atom is 0.348 e. The van der Waals surface area contributed by atoms with Crippen molar-refractivity contribution in [3.05, 3.63) is 21.9 Å². The Morgan fingerprint density at radius 1 is 1.79 bits per heavy atom. The topological polar surface area (TPSA) is 58.6 Å². The molecule has 0 aliphatic heterocycles. The maximum absolute atomic E-state index is 11.3. The van der Waals surface area contributed by atoms with Gasteiger partial charge in [0, 0.05) is 12.1 Å². The van der Waals surface area contributed by atoms with Gasteiger partial charge in [0.15, 0.2) is 0 Å². The van der Waals surface area contributed by atoms with Gasteiger partial charge in [-0.3, -0.25) is 0 Å². The number of hydrogen-bond acceptors (Lipinski definition) is 5. The highest BCUT2D eigenvalue weighted by atomic mass is 32.1. The number of ether oxygens (including phenoxy) is 1. The van der Waals surface area contributed by atoms with E-state index in [-0.39, 0.29) is 0 Å². The summed E-state index contributed by atoms with van der Waals surface area (Å²) in [4.78, 5) is 11.7. The van der Waals surface area contributed by atoms with Crippen LogP contribution in [0.15, 0.2) is 11.4 Å². The predicted octanol–water partition coefficient (Wildman–Crippen LogP) is 0.788. The first-order chi connectivity index (χ1) is 6.70. The summed E-state index contributed by atoms with van der Waals surface area (Å²) >= 11 is 1.27. The number of likely N-dealkylation sites (N-methyl/N-ethyl adjacent to an activating group) is 1. The quantitative estimate of drug-likeness (QED) is 0.729. The highest BCUT2D eigenvalue weighted by molar-refractivity contribution is 7.12.